The second kappa shape index (κ2) is 6.91. The van der Waals surface area contributed by atoms with Gasteiger partial charge >= 0.3 is 6.09 Å². The first-order valence-corrected chi connectivity index (χ1v) is 7.87. The molecule has 2 amide bonds. The highest BCUT2D eigenvalue weighted by Crippen LogP contribution is 2.21. The number of hydrogen-bond acceptors (Lipinski definition) is 3. The van der Waals surface area contributed by atoms with Crippen molar-refractivity contribution in [2.75, 3.05) is 25.5 Å². The highest BCUT2D eigenvalue weighted by Gasteiger charge is 2.22. The molecule has 0 aliphatic carbocycles. The van der Waals surface area contributed by atoms with Gasteiger partial charge in [0.15, 0.2) is 0 Å². The predicted octanol–water partition coefficient (Wildman–Crippen LogP) is 3.67. The largest absolute Gasteiger partial charge is 0.444 e. The molecule has 0 atom stereocenters. The van der Waals surface area contributed by atoms with Crippen LogP contribution in [0.25, 0.3) is 10.8 Å². The van der Waals surface area contributed by atoms with Crippen molar-refractivity contribution in [2.45, 2.75) is 26.4 Å². The van der Waals surface area contributed by atoms with Gasteiger partial charge in [-0.05, 0) is 43.7 Å². The van der Waals surface area contributed by atoms with Crippen molar-refractivity contribution < 1.29 is 14.3 Å². The van der Waals surface area contributed by atoms with Gasteiger partial charge < -0.3 is 14.5 Å². The Labute approximate surface area is 142 Å². The summed E-state index contributed by atoms with van der Waals surface area (Å²) < 4.78 is 5.26. The molecule has 0 N–H and O–H groups in total. The van der Waals surface area contributed by atoms with E-state index >= 15 is 0 Å². The Morgan fingerprint density at radius 3 is 2.25 bits per heavy atom. The monoisotopic (exact) mass is 328 g/mol. The van der Waals surface area contributed by atoms with Gasteiger partial charge in [0.1, 0.15) is 12.1 Å². The minimum absolute atomic E-state index is 0.0434. The van der Waals surface area contributed by atoms with Gasteiger partial charge in [-0.3, -0.25) is 4.79 Å². The summed E-state index contributed by atoms with van der Waals surface area (Å²) in [6.07, 6.45) is -0.511. The van der Waals surface area contributed by atoms with Gasteiger partial charge in [0.05, 0.1) is 0 Å². The van der Waals surface area contributed by atoms with Crippen LogP contribution in [0.2, 0.25) is 0 Å². The van der Waals surface area contributed by atoms with E-state index in [1.807, 2.05) is 42.5 Å². The van der Waals surface area contributed by atoms with Crippen LogP contribution in [-0.2, 0) is 9.53 Å². The molecule has 5 heteroatoms. The average Bonchev–Trinajstić information content (AvgIpc) is 2.51. The molecule has 2 aromatic rings. The lowest BCUT2D eigenvalue weighted by molar-refractivity contribution is -0.119. The van der Waals surface area contributed by atoms with Crippen molar-refractivity contribution in [2.24, 2.45) is 0 Å². The fourth-order valence-corrected chi connectivity index (χ4v) is 2.24. The SMILES string of the molecule is CN(CC(=O)N(C)c1ccc2ccccc2c1)C(=O)OC(C)(C)C. The summed E-state index contributed by atoms with van der Waals surface area (Å²) in [5, 5.41) is 2.18. The molecule has 0 bridgehead atoms. The standard InChI is InChI=1S/C19H24N2O3/c1-19(2,3)24-18(23)20(4)13-17(22)21(5)16-11-10-14-8-6-7-9-15(14)12-16/h6-12H,13H2,1-5H3. The fourth-order valence-electron chi connectivity index (χ4n) is 2.24. The van der Waals surface area contributed by atoms with Gasteiger partial charge in [-0.25, -0.2) is 4.79 Å². The molecule has 0 radical (unpaired) electrons. The minimum atomic E-state index is -0.585. The van der Waals surface area contributed by atoms with Crippen molar-refractivity contribution in [1.82, 2.24) is 4.90 Å². The number of fused-ring (bicyclic) bond motifs is 1. The van der Waals surface area contributed by atoms with Crippen molar-refractivity contribution in [3.63, 3.8) is 0 Å². The average molecular weight is 328 g/mol. The number of benzene rings is 2. The first kappa shape index (κ1) is 17.8. The normalized spacial score (nSPS) is 11.2. The molecule has 24 heavy (non-hydrogen) atoms. The highest BCUT2D eigenvalue weighted by atomic mass is 16.6. The second-order valence-corrected chi connectivity index (χ2v) is 6.82. The van der Waals surface area contributed by atoms with Crippen LogP contribution in [0, 0.1) is 0 Å². The van der Waals surface area contributed by atoms with E-state index in [0.29, 0.717) is 0 Å². The Hall–Kier alpha value is -2.56. The molecule has 0 saturated heterocycles. The van der Waals surface area contributed by atoms with Crippen LogP contribution in [0.1, 0.15) is 20.8 Å². The molecular formula is C19H24N2O3. The second-order valence-electron chi connectivity index (χ2n) is 6.82. The number of ether oxygens (including phenoxy) is 1. The van der Waals surface area contributed by atoms with E-state index in [2.05, 4.69) is 0 Å². The Bertz CT molecular complexity index is 750. The van der Waals surface area contributed by atoms with E-state index in [9.17, 15) is 9.59 Å². The maximum Gasteiger partial charge on any atom is 0.410 e. The lowest BCUT2D eigenvalue weighted by atomic mass is 10.1. The number of carbonyl (C=O) groups excluding carboxylic acids is 2. The number of likely N-dealkylation sites (N-methyl/N-ethyl adjacent to an activating group) is 2. The van der Waals surface area contributed by atoms with Crippen molar-refractivity contribution in [1.29, 1.82) is 0 Å². The van der Waals surface area contributed by atoms with Gasteiger partial charge in [-0.1, -0.05) is 30.3 Å². The third kappa shape index (κ3) is 4.47. The summed E-state index contributed by atoms with van der Waals surface area (Å²) in [5.74, 6) is -0.182. The number of rotatable bonds is 3. The Kier molecular flexibility index (Phi) is 5.12. The third-order valence-corrected chi connectivity index (χ3v) is 3.57. The molecule has 0 spiro atoms. The molecule has 5 nitrogen and oxygen atoms in total. The van der Waals surface area contributed by atoms with Gasteiger partial charge in [-0.2, -0.15) is 0 Å². The van der Waals surface area contributed by atoms with E-state index < -0.39 is 11.7 Å². The van der Waals surface area contributed by atoms with Crippen LogP contribution < -0.4 is 4.90 Å². The highest BCUT2D eigenvalue weighted by molar-refractivity contribution is 5.98. The molecule has 0 fully saturated rings. The van der Waals surface area contributed by atoms with Crippen molar-refractivity contribution >= 4 is 28.5 Å². The van der Waals surface area contributed by atoms with Crippen LogP contribution in [0.3, 0.4) is 0 Å². The van der Waals surface area contributed by atoms with E-state index in [-0.39, 0.29) is 12.5 Å². The lowest BCUT2D eigenvalue weighted by Gasteiger charge is -2.26. The van der Waals surface area contributed by atoms with Crippen LogP contribution in [0.5, 0.6) is 0 Å². The molecule has 0 aliphatic heterocycles. The third-order valence-electron chi connectivity index (χ3n) is 3.57. The number of anilines is 1. The van der Waals surface area contributed by atoms with Gasteiger partial charge in [0, 0.05) is 19.8 Å². The van der Waals surface area contributed by atoms with Crippen molar-refractivity contribution in [3.05, 3.63) is 42.5 Å². The summed E-state index contributed by atoms with van der Waals surface area (Å²) in [5.41, 5.74) is 0.204. The van der Waals surface area contributed by atoms with E-state index in [4.69, 9.17) is 4.74 Å². The summed E-state index contributed by atoms with van der Waals surface area (Å²) in [7, 11) is 3.26. The smallest absolute Gasteiger partial charge is 0.410 e. The number of hydrogen-bond donors (Lipinski definition) is 0. The van der Waals surface area contributed by atoms with Crippen LogP contribution in [-0.4, -0.2) is 43.1 Å². The molecule has 0 aliphatic rings. The maximum atomic E-state index is 12.4. The molecular weight excluding hydrogens is 304 g/mol. The van der Waals surface area contributed by atoms with Crippen molar-refractivity contribution in [3.8, 4) is 0 Å². The summed E-state index contributed by atoms with van der Waals surface area (Å²) in [6, 6.07) is 13.8. The fraction of sp³-hybridized carbons (Fsp3) is 0.368. The molecule has 0 aromatic heterocycles. The number of carbonyl (C=O) groups is 2. The van der Waals surface area contributed by atoms with Gasteiger partial charge in [0.25, 0.3) is 0 Å². The van der Waals surface area contributed by atoms with Crippen LogP contribution in [0.4, 0.5) is 10.5 Å². The summed E-state index contributed by atoms with van der Waals surface area (Å²) >= 11 is 0. The van der Waals surface area contributed by atoms with Crippen LogP contribution in [0.15, 0.2) is 42.5 Å². The molecule has 0 heterocycles. The van der Waals surface area contributed by atoms with Crippen LogP contribution >= 0.6 is 0 Å². The molecule has 2 aromatic carbocycles. The predicted molar refractivity (Wildman–Crippen MR) is 96.2 cm³/mol. The summed E-state index contributed by atoms with van der Waals surface area (Å²) in [6.45, 7) is 5.34. The summed E-state index contributed by atoms with van der Waals surface area (Å²) in [4.78, 5) is 27.2. The number of nitrogens with zero attached hydrogens (tertiary/aromatic N) is 2. The quantitative estimate of drug-likeness (QED) is 0.864. The Balaban J connectivity index is 2.06. The molecule has 2 rings (SSSR count). The van der Waals surface area contributed by atoms with Gasteiger partial charge in [0.2, 0.25) is 5.91 Å². The zero-order valence-corrected chi connectivity index (χ0v) is 14.9. The Morgan fingerprint density at radius 1 is 1.00 bits per heavy atom. The topological polar surface area (TPSA) is 49.9 Å². The number of amides is 2. The van der Waals surface area contributed by atoms with Gasteiger partial charge in [-0.15, -0.1) is 0 Å². The molecule has 0 saturated carbocycles. The van der Waals surface area contributed by atoms with E-state index in [0.717, 1.165) is 16.5 Å². The minimum Gasteiger partial charge on any atom is -0.444 e. The first-order chi connectivity index (χ1) is 11.2. The zero-order valence-electron chi connectivity index (χ0n) is 14.9. The van der Waals surface area contributed by atoms with E-state index in [1.165, 1.54) is 4.90 Å². The molecule has 0 unspecified atom stereocenters. The zero-order chi connectivity index (χ0) is 17.9. The lowest BCUT2D eigenvalue weighted by Crippen LogP contribution is -2.41. The molecule has 128 valence electrons. The maximum absolute atomic E-state index is 12.4. The van der Waals surface area contributed by atoms with E-state index in [1.54, 1.807) is 39.8 Å². The Morgan fingerprint density at radius 2 is 1.62 bits per heavy atom. The first-order valence-electron chi connectivity index (χ1n) is 7.87.